The van der Waals surface area contributed by atoms with Crippen LogP contribution in [0.5, 0.6) is 0 Å². The predicted molar refractivity (Wildman–Crippen MR) is 55.5 cm³/mol. The van der Waals surface area contributed by atoms with Gasteiger partial charge in [-0.3, -0.25) is 0 Å². The summed E-state index contributed by atoms with van der Waals surface area (Å²) in [5, 5.41) is 16.2. The highest BCUT2D eigenvalue weighted by atomic mass is 16.4. The maximum atomic E-state index is 8.99. The van der Waals surface area contributed by atoms with Crippen molar-refractivity contribution in [2.24, 2.45) is 32.8 Å². The summed E-state index contributed by atoms with van der Waals surface area (Å²) in [6.45, 7) is 6.57. The lowest BCUT2D eigenvalue weighted by atomic mass is 9.70. The summed E-state index contributed by atoms with van der Waals surface area (Å²) >= 11 is 0. The monoisotopic (exact) mass is 195 g/mol. The smallest absolute Gasteiger partial charge is 0.107 e. The fraction of sp³-hybridized carbons (Fsp3) is 0.800. The van der Waals surface area contributed by atoms with Crippen LogP contribution in [0.25, 0.3) is 0 Å². The normalized spacial score (nSPS) is 45.2. The number of hydrogen-bond donors (Lipinski definition) is 2. The van der Waals surface area contributed by atoms with Gasteiger partial charge in [0.05, 0.1) is 5.71 Å². The average Bonchev–Trinajstić information content (AvgIpc) is 2.46. The van der Waals surface area contributed by atoms with Crippen LogP contribution < -0.4 is 5.84 Å². The Balaban J connectivity index is 2.60. The Bertz CT molecular complexity index is 332. The van der Waals surface area contributed by atoms with Crippen LogP contribution in [0, 0.1) is 16.7 Å². The number of oxime groups is 1. The van der Waals surface area contributed by atoms with Crippen LogP contribution in [-0.2, 0) is 0 Å². The maximum Gasteiger partial charge on any atom is 0.107 e. The molecule has 4 nitrogen and oxygen atoms in total. The van der Waals surface area contributed by atoms with Gasteiger partial charge in [-0.15, -0.1) is 0 Å². The van der Waals surface area contributed by atoms with Gasteiger partial charge in [-0.05, 0) is 18.3 Å². The van der Waals surface area contributed by atoms with Crippen LogP contribution in [0.3, 0.4) is 0 Å². The summed E-state index contributed by atoms with van der Waals surface area (Å²) < 4.78 is 0. The van der Waals surface area contributed by atoms with Crippen molar-refractivity contribution in [1.82, 2.24) is 0 Å². The highest BCUT2D eigenvalue weighted by Gasteiger charge is 2.63. The zero-order chi connectivity index (χ0) is 10.6. The number of fused-ring (bicyclic) bond motifs is 2. The standard InChI is InChI=1S/C10H17N3O/c1-9(2)6-4-5-10(9,3)8(12-11)7(6)13-14/h6,14H,4-5,11H2,1-3H3/b12-8+,13-7-/t6-,10+/m1/s1. The first-order chi connectivity index (χ1) is 6.49. The summed E-state index contributed by atoms with van der Waals surface area (Å²) in [4.78, 5) is 0. The SMILES string of the molecule is CC1(C)[C@@H]2CC[C@@]1(C)C(=N/N)/C2=N\O. The summed E-state index contributed by atoms with van der Waals surface area (Å²) in [5.41, 5.74) is 1.58. The Labute approximate surface area is 83.9 Å². The summed E-state index contributed by atoms with van der Waals surface area (Å²) in [5.74, 6) is 5.69. The van der Waals surface area contributed by atoms with Gasteiger partial charge < -0.3 is 11.0 Å². The van der Waals surface area contributed by atoms with Crippen molar-refractivity contribution in [3.8, 4) is 0 Å². The minimum absolute atomic E-state index is 0.0199. The van der Waals surface area contributed by atoms with Crippen LogP contribution in [0.15, 0.2) is 10.3 Å². The Hall–Kier alpha value is -1.06. The Kier molecular flexibility index (Phi) is 1.69. The quantitative estimate of drug-likeness (QED) is 0.350. The van der Waals surface area contributed by atoms with Crippen molar-refractivity contribution in [2.75, 3.05) is 0 Å². The lowest BCUT2D eigenvalue weighted by Crippen LogP contribution is -2.34. The second-order valence-corrected chi connectivity index (χ2v) is 5.11. The van der Waals surface area contributed by atoms with Gasteiger partial charge in [0.1, 0.15) is 5.71 Å². The molecule has 2 fully saturated rings. The van der Waals surface area contributed by atoms with E-state index in [9.17, 15) is 0 Å². The second-order valence-electron chi connectivity index (χ2n) is 5.11. The fourth-order valence-electron chi connectivity index (χ4n) is 3.18. The van der Waals surface area contributed by atoms with Gasteiger partial charge >= 0.3 is 0 Å². The molecular formula is C10H17N3O. The Morgan fingerprint density at radius 1 is 1.43 bits per heavy atom. The highest BCUT2D eigenvalue weighted by Crippen LogP contribution is 2.62. The number of rotatable bonds is 0. The van der Waals surface area contributed by atoms with Gasteiger partial charge in [0.25, 0.3) is 0 Å². The topological polar surface area (TPSA) is 71.0 Å². The molecular weight excluding hydrogens is 178 g/mol. The number of hydrazone groups is 1. The molecule has 0 radical (unpaired) electrons. The van der Waals surface area contributed by atoms with Crippen molar-refractivity contribution in [1.29, 1.82) is 0 Å². The lowest BCUT2D eigenvalue weighted by molar-refractivity contribution is 0.206. The molecule has 2 aliphatic rings. The van der Waals surface area contributed by atoms with E-state index in [0.717, 1.165) is 18.6 Å². The van der Waals surface area contributed by atoms with Crippen molar-refractivity contribution in [3.05, 3.63) is 0 Å². The number of nitrogens with two attached hydrogens (primary N) is 1. The molecule has 0 amide bonds. The average molecular weight is 195 g/mol. The van der Waals surface area contributed by atoms with Gasteiger partial charge in [0.2, 0.25) is 0 Å². The van der Waals surface area contributed by atoms with E-state index in [0.29, 0.717) is 11.6 Å². The third-order valence-corrected chi connectivity index (χ3v) is 4.56. The van der Waals surface area contributed by atoms with Gasteiger partial charge in [0.15, 0.2) is 0 Å². The zero-order valence-corrected chi connectivity index (χ0v) is 8.91. The molecule has 2 saturated carbocycles. The maximum absolute atomic E-state index is 8.99. The first-order valence-corrected chi connectivity index (χ1v) is 4.99. The van der Waals surface area contributed by atoms with E-state index in [-0.39, 0.29) is 10.8 Å². The fourth-order valence-corrected chi connectivity index (χ4v) is 3.18. The minimum atomic E-state index is -0.0199. The van der Waals surface area contributed by atoms with E-state index >= 15 is 0 Å². The largest absolute Gasteiger partial charge is 0.411 e. The zero-order valence-electron chi connectivity index (χ0n) is 8.91. The van der Waals surface area contributed by atoms with E-state index in [2.05, 4.69) is 31.0 Å². The van der Waals surface area contributed by atoms with E-state index in [1.807, 2.05) is 0 Å². The molecule has 0 aromatic heterocycles. The summed E-state index contributed by atoms with van der Waals surface area (Å²) in [7, 11) is 0. The molecule has 0 aliphatic heterocycles. The molecule has 0 aromatic carbocycles. The molecule has 0 saturated heterocycles. The second kappa shape index (κ2) is 2.49. The minimum Gasteiger partial charge on any atom is -0.411 e. The number of hydrogen-bond acceptors (Lipinski definition) is 4. The highest BCUT2D eigenvalue weighted by molar-refractivity contribution is 6.47. The molecule has 78 valence electrons. The van der Waals surface area contributed by atoms with Gasteiger partial charge in [-0.25, -0.2) is 0 Å². The molecule has 2 aliphatic carbocycles. The summed E-state index contributed by atoms with van der Waals surface area (Å²) in [6, 6.07) is 0. The molecule has 0 unspecified atom stereocenters. The lowest BCUT2D eigenvalue weighted by Gasteiger charge is -2.33. The third-order valence-electron chi connectivity index (χ3n) is 4.56. The first-order valence-electron chi connectivity index (χ1n) is 4.99. The van der Waals surface area contributed by atoms with Crippen LogP contribution >= 0.6 is 0 Å². The van der Waals surface area contributed by atoms with Crippen molar-refractivity contribution in [2.45, 2.75) is 33.6 Å². The molecule has 4 heteroatoms. The Morgan fingerprint density at radius 3 is 2.50 bits per heavy atom. The van der Waals surface area contributed by atoms with E-state index in [4.69, 9.17) is 11.0 Å². The van der Waals surface area contributed by atoms with E-state index < -0.39 is 0 Å². The molecule has 0 heterocycles. The van der Waals surface area contributed by atoms with E-state index in [1.165, 1.54) is 0 Å². The Morgan fingerprint density at radius 2 is 2.07 bits per heavy atom. The van der Waals surface area contributed by atoms with Crippen LogP contribution in [0.4, 0.5) is 0 Å². The van der Waals surface area contributed by atoms with Crippen LogP contribution in [-0.4, -0.2) is 16.6 Å². The van der Waals surface area contributed by atoms with Gasteiger partial charge in [-0.1, -0.05) is 25.9 Å². The van der Waals surface area contributed by atoms with Crippen molar-refractivity contribution < 1.29 is 5.21 Å². The molecule has 3 N–H and O–H groups in total. The predicted octanol–water partition coefficient (Wildman–Crippen LogP) is 1.59. The first kappa shape index (κ1) is 9.49. The van der Waals surface area contributed by atoms with Crippen molar-refractivity contribution >= 4 is 11.4 Å². The molecule has 2 bridgehead atoms. The van der Waals surface area contributed by atoms with E-state index in [1.54, 1.807) is 0 Å². The molecule has 2 rings (SSSR count). The molecule has 0 aromatic rings. The molecule has 14 heavy (non-hydrogen) atoms. The van der Waals surface area contributed by atoms with Gasteiger partial charge in [0, 0.05) is 11.3 Å². The van der Waals surface area contributed by atoms with Crippen LogP contribution in [0.2, 0.25) is 0 Å². The summed E-state index contributed by atoms with van der Waals surface area (Å²) in [6.07, 6.45) is 2.15. The van der Waals surface area contributed by atoms with Gasteiger partial charge in [-0.2, -0.15) is 5.10 Å². The molecule has 0 spiro atoms. The third kappa shape index (κ3) is 0.751. The molecule has 2 atom stereocenters. The van der Waals surface area contributed by atoms with Crippen molar-refractivity contribution in [3.63, 3.8) is 0 Å². The van der Waals surface area contributed by atoms with Crippen LogP contribution in [0.1, 0.15) is 33.6 Å². The number of nitrogens with zero attached hydrogens (tertiary/aromatic N) is 2.